The monoisotopic (exact) mass is 353 g/mol. The van der Waals surface area contributed by atoms with Crippen LogP contribution in [0.1, 0.15) is 36.7 Å². The molecule has 1 aromatic heterocycles. The van der Waals surface area contributed by atoms with E-state index in [2.05, 4.69) is 39.5 Å². The number of aromatic nitrogens is 2. The Morgan fingerprint density at radius 1 is 1.00 bits per heavy atom. The highest BCUT2D eigenvalue weighted by Gasteiger charge is 2.23. The van der Waals surface area contributed by atoms with Gasteiger partial charge in [-0.3, -0.25) is 4.79 Å². The summed E-state index contributed by atoms with van der Waals surface area (Å²) in [5.74, 6) is 0.689. The number of benzene rings is 1. The van der Waals surface area contributed by atoms with Crippen LogP contribution >= 0.6 is 0 Å². The van der Waals surface area contributed by atoms with Crippen LogP contribution in [0.25, 0.3) is 0 Å². The van der Waals surface area contributed by atoms with Gasteiger partial charge < -0.3 is 15.1 Å². The summed E-state index contributed by atoms with van der Waals surface area (Å²) in [5, 5.41) is 11.5. The molecule has 1 aromatic carbocycles. The fraction of sp³-hybridized carbons (Fsp3) is 0.450. The first-order chi connectivity index (χ1) is 12.8. The van der Waals surface area contributed by atoms with E-state index in [4.69, 9.17) is 0 Å². The average Bonchev–Trinajstić information content (AvgIpc) is 2.72. The molecule has 0 aliphatic carbocycles. The van der Waals surface area contributed by atoms with Crippen molar-refractivity contribution >= 4 is 17.4 Å². The van der Waals surface area contributed by atoms with E-state index in [1.807, 2.05) is 29.2 Å². The molecule has 0 bridgehead atoms. The van der Waals surface area contributed by atoms with Gasteiger partial charge in [-0.1, -0.05) is 38.0 Å². The van der Waals surface area contributed by atoms with Crippen LogP contribution in [-0.4, -0.2) is 53.7 Å². The lowest BCUT2D eigenvalue weighted by molar-refractivity contribution is 0.0739. The summed E-state index contributed by atoms with van der Waals surface area (Å²) in [6.45, 7) is 6.14. The zero-order valence-electron chi connectivity index (χ0n) is 15.4. The van der Waals surface area contributed by atoms with Gasteiger partial charge in [-0.05, 0) is 30.7 Å². The predicted octanol–water partition coefficient (Wildman–Crippen LogP) is 3.04. The number of anilines is 2. The molecule has 0 radical (unpaired) electrons. The first-order valence-corrected chi connectivity index (χ1v) is 9.45. The number of nitrogens with zero attached hydrogens (tertiary/aromatic N) is 4. The molecule has 2 heterocycles. The van der Waals surface area contributed by atoms with Crippen molar-refractivity contribution in [3.8, 4) is 0 Å². The quantitative estimate of drug-likeness (QED) is 0.775. The summed E-state index contributed by atoms with van der Waals surface area (Å²) in [6.07, 6.45) is 3.51. The van der Waals surface area contributed by atoms with E-state index in [9.17, 15) is 4.79 Å². The van der Waals surface area contributed by atoms with Crippen LogP contribution in [-0.2, 0) is 0 Å². The van der Waals surface area contributed by atoms with Crippen LogP contribution in [0.4, 0.5) is 11.5 Å². The summed E-state index contributed by atoms with van der Waals surface area (Å²) < 4.78 is 0. The molecule has 6 nitrogen and oxygen atoms in total. The number of rotatable bonds is 7. The van der Waals surface area contributed by atoms with Crippen molar-refractivity contribution in [2.75, 3.05) is 42.9 Å². The Kier molecular flexibility index (Phi) is 6.41. The van der Waals surface area contributed by atoms with Crippen molar-refractivity contribution in [2.24, 2.45) is 0 Å². The molecule has 1 N–H and O–H groups in total. The van der Waals surface area contributed by atoms with E-state index >= 15 is 0 Å². The number of nitrogens with one attached hydrogen (secondary N) is 1. The van der Waals surface area contributed by atoms with Crippen LogP contribution in [0.5, 0.6) is 0 Å². The molecule has 1 saturated heterocycles. The lowest BCUT2D eigenvalue weighted by atomic mass is 10.2. The van der Waals surface area contributed by atoms with Crippen molar-refractivity contribution < 1.29 is 4.79 Å². The molecule has 1 aliphatic rings. The molecule has 26 heavy (non-hydrogen) atoms. The molecular weight excluding hydrogens is 326 g/mol. The SMILES string of the molecule is CCCCCNc1ccc(C(=O)N2CCN(c3ccccc3)CC2)nn1. The topological polar surface area (TPSA) is 61.4 Å². The van der Waals surface area contributed by atoms with Gasteiger partial charge in [-0.15, -0.1) is 10.2 Å². The third kappa shape index (κ3) is 4.71. The molecule has 1 aliphatic heterocycles. The second-order valence-corrected chi connectivity index (χ2v) is 6.55. The Bertz CT molecular complexity index is 681. The fourth-order valence-electron chi connectivity index (χ4n) is 3.10. The number of para-hydroxylation sites is 1. The van der Waals surface area contributed by atoms with Crippen LogP contribution in [0.2, 0.25) is 0 Å². The van der Waals surface area contributed by atoms with Crippen molar-refractivity contribution in [2.45, 2.75) is 26.2 Å². The predicted molar refractivity (Wildman–Crippen MR) is 105 cm³/mol. The third-order valence-corrected chi connectivity index (χ3v) is 4.66. The minimum absolute atomic E-state index is 0.0391. The van der Waals surface area contributed by atoms with Gasteiger partial charge in [0.25, 0.3) is 5.91 Å². The lowest BCUT2D eigenvalue weighted by Gasteiger charge is -2.35. The van der Waals surface area contributed by atoms with Gasteiger partial charge >= 0.3 is 0 Å². The summed E-state index contributed by atoms with van der Waals surface area (Å²) >= 11 is 0. The molecule has 6 heteroatoms. The highest BCUT2D eigenvalue weighted by atomic mass is 16.2. The number of hydrogen-bond acceptors (Lipinski definition) is 5. The van der Waals surface area contributed by atoms with E-state index in [1.165, 1.54) is 18.5 Å². The molecule has 0 atom stereocenters. The third-order valence-electron chi connectivity index (χ3n) is 4.66. The molecule has 0 spiro atoms. The van der Waals surface area contributed by atoms with Gasteiger partial charge in [0.1, 0.15) is 5.82 Å². The maximum absolute atomic E-state index is 12.6. The average molecular weight is 353 g/mol. The van der Waals surface area contributed by atoms with Gasteiger partial charge in [0.2, 0.25) is 0 Å². The smallest absolute Gasteiger partial charge is 0.274 e. The van der Waals surface area contributed by atoms with Crippen molar-refractivity contribution in [1.82, 2.24) is 15.1 Å². The van der Waals surface area contributed by atoms with Crippen molar-refractivity contribution in [3.05, 3.63) is 48.2 Å². The number of carbonyl (C=O) groups is 1. The molecule has 0 unspecified atom stereocenters. The van der Waals surface area contributed by atoms with Crippen LogP contribution in [0, 0.1) is 0 Å². The fourth-order valence-corrected chi connectivity index (χ4v) is 3.10. The first-order valence-electron chi connectivity index (χ1n) is 9.45. The molecule has 1 fully saturated rings. The van der Waals surface area contributed by atoms with E-state index in [0.29, 0.717) is 18.8 Å². The summed E-state index contributed by atoms with van der Waals surface area (Å²) in [6, 6.07) is 13.9. The molecule has 2 aromatic rings. The maximum Gasteiger partial charge on any atom is 0.274 e. The Morgan fingerprint density at radius 2 is 1.77 bits per heavy atom. The van der Waals surface area contributed by atoms with Crippen LogP contribution in [0.15, 0.2) is 42.5 Å². The van der Waals surface area contributed by atoms with E-state index in [0.717, 1.165) is 31.9 Å². The van der Waals surface area contributed by atoms with E-state index < -0.39 is 0 Å². The Hall–Kier alpha value is -2.63. The Labute approximate surface area is 155 Å². The zero-order chi connectivity index (χ0) is 18.2. The highest BCUT2D eigenvalue weighted by Crippen LogP contribution is 2.16. The summed E-state index contributed by atoms with van der Waals surface area (Å²) in [5.41, 5.74) is 1.62. The first kappa shape index (κ1) is 18.2. The second kappa shape index (κ2) is 9.17. The number of piperazine rings is 1. The summed E-state index contributed by atoms with van der Waals surface area (Å²) in [4.78, 5) is 16.8. The number of amides is 1. The largest absolute Gasteiger partial charge is 0.369 e. The Balaban J connectivity index is 1.50. The number of unbranched alkanes of at least 4 members (excludes halogenated alkanes) is 2. The molecule has 0 saturated carbocycles. The van der Waals surface area contributed by atoms with Gasteiger partial charge in [-0.25, -0.2) is 0 Å². The van der Waals surface area contributed by atoms with Crippen LogP contribution < -0.4 is 10.2 Å². The molecule has 1 amide bonds. The van der Waals surface area contributed by atoms with Crippen molar-refractivity contribution in [1.29, 1.82) is 0 Å². The van der Waals surface area contributed by atoms with Crippen LogP contribution in [0.3, 0.4) is 0 Å². The second-order valence-electron chi connectivity index (χ2n) is 6.55. The normalized spacial score (nSPS) is 14.3. The van der Waals surface area contributed by atoms with Gasteiger partial charge in [0.15, 0.2) is 5.69 Å². The molecule has 138 valence electrons. The summed E-state index contributed by atoms with van der Waals surface area (Å²) in [7, 11) is 0. The molecule has 3 rings (SSSR count). The lowest BCUT2D eigenvalue weighted by Crippen LogP contribution is -2.49. The van der Waals surface area contributed by atoms with Gasteiger partial charge in [0.05, 0.1) is 0 Å². The highest BCUT2D eigenvalue weighted by molar-refractivity contribution is 5.92. The van der Waals surface area contributed by atoms with Gasteiger partial charge in [-0.2, -0.15) is 0 Å². The number of hydrogen-bond donors (Lipinski definition) is 1. The molecular formula is C20H27N5O. The number of carbonyl (C=O) groups excluding carboxylic acids is 1. The van der Waals surface area contributed by atoms with E-state index in [-0.39, 0.29) is 5.91 Å². The van der Waals surface area contributed by atoms with Gasteiger partial charge in [0, 0.05) is 38.4 Å². The van der Waals surface area contributed by atoms with Crippen molar-refractivity contribution in [3.63, 3.8) is 0 Å². The standard InChI is InChI=1S/C20H27N5O/c1-2-3-7-12-21-19-11-10-18(22-23-19)20(26)25-15-13-24(14-16-25)17-8-5-4-6-9-17/h4-6,8-11H,2-3,7,12-16H2,1H3,(H,21,23). The minimum Gasteiger partial charge on any atom is -0.369 e. The maximum atomic E-state index is 12.6. The Morgan fingerprint density at radius 3 is 2.42 bits per heavy atom. The van der Waals surface area contributed by atoms with E-state index in [1.54, 1.807) is 6.07 Å². The zero-order valence-corrected chi connectivity index (χ0v) is 15.4. The minimum atomic E-state index is -0.0391.